The van der Waals surface area contributed by atoms with Crippen molar-refractivity contribution >= 4 is 44.9 Å². The van der Waals surface area contributed by atoms with Gasteiger partial charge in [-0.1, -0.05) is 29.8 Å². The zero-order valence-electron chi connectivity index (χ0n) is 16.0. The molecule has 8 heteroatoms. The van der Waals surface area contributed by atoms with Crippen molar-refractivity contribution in [1.29, 1.82) is 0 Å². The summed E-state index contributed by atoms with van der Waals surface area (Å²) in [5.74, 6) is 1.67. The Morgan fingerprint density at radius 3 is 2.83 bits per heavy atom. The minimum atomic E-state index is 0.182. The van der Waals surface area contributed by atoms with Crippen LogP contribution < -0.4 is 10.6 Å². The van der Waals surface area contributed by atoms with Gasteiger partial charge in [-0.05, 0) is 53.6 Å². The van der Waals surface area contributed by atoms with Crippen molar-refractivity contribution < 1.29 is 4.79 Å². The van der Waals surface area contributed by atoms with E-state index >= 15 is 0 Å². The zero-order valence-corrected chi connectivity index (χ0v) is 18.3. The number of benzene rings is 1. The van der Waals surface area contributed by atoms with E-state index in [1.165, 1.54) is 12.8 Å². The van der Waals surface area contributed by atoms with E-state index in [0.29, 0.717) is 17.4 Å². The van der Waals surface area contributed by atoms with Gasteiger partial charge in [-0.25, -0.2) is 4.98 Å². The van der Waals surface area contributed by atoms with Crippen LogP contribution in [0.15, 0.2) is 41.0 Å². The van der Waals surface area contributed by atoms with Crippen LogP contribution in [0, 0.1) is 5.92 Å². The fraction of sp³-hybridized carbons (Fsp3) is 0.381. The number of hydrogen-bond acceptors (Lipinski definition) is 4. The van der Waals surface area contributed by atoms with Crippen LogP contribution in [0.25, 0.3) is 16.9 Å². The SMILES string of the molecule is O=C(CC1CC1)NCCCCNc1cc(-c2ccccc2Cl)nc2c(Br)cnn12. The summed E-state index contributed by atoms with van der Waals surface area (Å²) < 4.78 is 2.61. The maximum absolute atomic E-state index is 11.7. The number of nitrogens with zero attached hydrogens (tertiary/aromatic N) is 3. The summed E-state index contributed by atoms with van der Waals surface area (Å²) >= 11 is 9.89. The van der Waals surface area contributed by atoms with Gasteiger partial charge in [0.25, 0.3) is 0 Å². The molecule has 0 unspecified atom stereocenters. The molecule has 0 radical (unpaired) electrons. The molecule has 2 N–H and O–H groups in total. The molecule has 29 heavy (non-hydrogen) atoms. The number of fused-ring (bicyclic) bond motifs is 1. The molecule has 6 nitrogen and oxygen atoms in total. The van der Waals surface area contributed by atoms with E-state index in [1.54, 1.807) is 10.7 Å². The van der Waals surface area contributed by atoms with Gasteiger partial charge in [0, 0.05) is 36.2 Å². The van der Waals surface area contributed by atoms with Gasteiger partial charge >= 0.3 is 0 Å². The third-order valence-electron chi connectivity index (χ3n) is 4.98. The van der Waals surface area contributed by atoms with Crippen molar-refractivity contribution in [3.63, 3.8) is 0 Å². The molecule has 4 rings (SSSR count). The van der Waals surface area contributed by atoms with E-state index in [0.717, 1.165) is 53.1 Å². The van der Waals surface area contributed by atoms with Crippen molar-refractivity contribution in [2.24, 2.45) is 5.92 Å². The number of rotatable bonds is 9. The van der Waals surface area contributed by atoms with Gasteiger partial charge < -0.3 is 10.6 Å². The predicted molar refractivity (Wildman–Crippen MR) is 119 cm³/mol. The standard InChI is InChI=1S/C21H23BrClN5O/c22-16-13-26-28-19(24-9-3-4-10-25-20(29)11-14-7-8-14)12-18(27-21(16)28)15-5-1-2-6-17(15)23/h1-2,5-6,12-14,24H,3-4,7-11H2,(H,25,29). The first kappa shape index (κ1) is 20.2. The number of aromatic nitrogens is 3. The van der Waals surface area contributed by atoms with E-state index in [2.05, 4.69) is 31.7 Å². The van der Waals surface area contributed by atoms with Crippen molar-refractivity contribution in [1.82, 2.24) is 19.9 Å². The molecule has 0 spiro atoms. The summed E-state index contributed by atoms with van der Waals surface area (Å²) in [6.07, 6.45) is 6.70. The van der Waals surface area contributed by atoms with E-state index in [-0.39, 0.29) is 5.91 Å². The molecule has 0 aliphatic heterocycles. The van der Waals surface area contributed by atoms with Crippen LogP contribution in [-0.4, -0.2) is 33.6 Å². The van der Waals surface area contributed by atoms with Crippen LogP contribution in [0.3, 0.4) is 0 Å². The minimum absolute atomic E-state index is 0.182. The highest BCUT2D eigenvalue weighted by Gasteiger charge is 2.23. The van der Waals surface area contributed by atoms with Crippen LogP contribution in [0.5, 0.6) is 0 Å². The van der Waals surface area contributed by atoms with Crippen molar-refractivity contribution in [2.75, 3.05) is 18.4 Å². The number of anilines is 1. The Hall–Kier alpha value is -2.12. The minimum Gasteiger partial charge on any atom is -0.370 e. The zero-order chi connectivity index (χ0) is 20.2. The van der Waals surface area contributed by atoms with Crippen molar-refractivity contribution in [3.05, 3.63) is 46.0 Å². The molecule has 2 heterocycles. The molecule has 0 atom stereocenters. The molecule has 1 aliphatic carbocycles. The quantitative estimate of drug-likeness (QED) is 0.430. The van der Waals surface area contributed by atoms with E-state index in [9.17, 15) is 4.79 Å². The smallest absolute Gasteiger partial charge is 0.220 e. The molecule has 1 aromatic carbocycles. The summed E-state index contributed by atoms with van der Waals surface area (Å²) in [6.45, 7) is 1.49. The normalized spacial score (nSPS) is 13.6. The fourth-order valence-corrected chi connectivity index (χ4v) is 3.80. The number of unbranched alkanes of at least 4 members (excludes halogenated alkanes) is 1. The van der Waals surface area contributed by atoms with Gasteiger partial charge in [0.2, 0.25) is 5.91 Å². The second kappa shape index (κ2) is 9.13. The molecule has 152 valence electrons. The Morgan fingerprint density at radius 1 is 1.24 bits per heavy atom. The second-order valence-electron chi connectivity index (χ2n) is 7.37. The topological polar surface area (TPSA) is 71.3 Å². The van der Waals surface area contributed by atoms with E-state index < -0.39 is 0 Å². The van der Waals surface area contributed by atoms with Crippen LogP contribution in [-0.2, 0) is 4.79 Å². The molecular formula is C21H23BrClN5O. The number of carbonyl (C=O) groups is 1. The molecule has 1 saturated carbocycles. The van der Waals surface area contributed by atoms with Crippen LogP contribution in [0.2, 0.25) is 5.02 Å². The molecule has 1 aliphatic rings. The number of nitrogens with one attached hydrogen (secondary N) is 2. The van der Waals surface area contributed by atoms with Crippen LogP contribution >= 0.6 is 27.5 Å². The van der Waals surface area contributed by atoms with E-state index in [1.807, 2.05) is 30.3 Å². The highest BCUT2D eigenvalue weighted by atomic mass is 79.9. The third-order valence-corrected chi connectivity index (χ3v) is 5.87. The summed E-state index contributed by atoms with van der Waals surface area (Å²) in [7, 11) is 0. The maximum atomic E-state index is 11.7. The average Bonchev–Trinajstić information content (AvgIpc) is 3.45. The lowest BCUT2D eigenvalue weighted by Crippen LogP contribution is -2.25. The first-order valence-electron chi connectivity index (χ1n) is 9.91. The molecular weight excluding hydrogens is 454 g/mol. The maximum Gasteiger partial charge on any atom is 0.220 e. The Bertz CT molecular complexity index is 1020. The van der Waals surface area contributed by atoms with Crippen molar-refractivity contribution in [2.45, 2.75) is 32.1 Å². The van der Waals surface area contributed by atoms with Gasteiger partial charge in [-0.3, -0.25) is 4.79 Å². The summed E-state index contributed by atoms with van der Waals surface area (Å²) in [5.41, 5.74) is 2.41. The molecule has 2 aromatic heterocycles. The van der Waals surface area contributed by atoms with Gasteiger partial charge in [0.1, 0.15) is 5.82 Å². The predicted octanol–water partition coefficient (Wildman–Crippen LogP) is 4.92. The third kappa shape index (κ3) is 5.08. The summed E-state index contributed by atoms with van der Waals surface area (Å²) in [4.78, 5) is 16.4. The molecule has 0 bridgehead atoms. The lowest BCUT2D eigenvalue weighted by molar-refractivity contribution is -0.121. The number of hydrogen-bond donors (Lipinski definition) is 2. The largest absolute Gasteiger partial charge is 0.370 e. The number of halogens is 2. The van der Waals surface area contributed by atoms with Crippen LogP contribution in [0.4, 0.5) is 5.82 Å². The Labute approximate surface area is 183 Å². The van der Waals surface area contributed by atoms with Gasteiger partial charge in [0.15, 0.2) is 5.65 Å². The highest BCUT2D eigenvalue weighted by Crippen LogP contribution is 2.32. The first-order valence-corrected chi connectivity index (χ1v) is 11.1. The molecule has 1 fully saturated rings. The first-order chi connectivity index (χ1) is 14.1. The van der Waals surface area contributed by atoms with Crippen molar-refractivity contribution in [3.8, 4) is 11.3 Å². The Kier molecular flexibility index (Phi) is 6.35. The van der Waals surface area contributed by atoms with Crippen LogP contribution in [0.1, 0.15) is 32.1 Å². The number of amides is 1. The Morgan fingerprint density at radius 2 is 2.03 bits per heavy atom. The highest BCUT2D eigenvalue weighted by molar-refractivity contribution is 9.10. The average molecular weight is 477 g/mol. The summed E-state index contributed by atoms with van der Waals surface area (Å²) in [6, 6.07) is 9.63. The monoisotopic (exact) mass is 475 g/mol. The number of carbonyl (C=O) groups excluding carboxylic acids is 1. The fourth-order valence-electron chi connectivity index (χ4n) is 3.22. The Balaban J connectivity index is 1.39. The van der Waals surface area contributed by atoms with Gasteiger partial charge in [-0.2, -0.15) is 9.61 Å². The lowest BCUT2D eigenvalue weighted by atomic mass is 10.1. The molecule has 1 amide bonds. The van der Waals surface area contributed by atoms with Gasteiger partial charge in [-0.15, -0.1) is 0 Å². The molecule has 0 saturated heterocycles. The molecule has 3 aromatic rings. The van der Waals surface area contributed by atoms with Gasteiger partial charge in [0.05, 0.1) is 16.4 Å². The van der Waals surface area contributed by atoms with E-state index in [4.69, 9.17) is 16.6 Å². The second-order valence-corrected chi connectivity index (χ2v) is 8.63. The lowest BCUT2D eigenvalue weighted by Gasteiger charge is -2.12. The summed E-state index contributed by atoms with van der Waals surface area (Å²) in [5, 5.41) is 11.5.